The predicted molar refractivity (Wildman–Crippen MR) is 67.8 cm³/mol. The number of benzene rings is 1. The van der Waals surface area contributed by atoms with Gasteiger partial charge in [0.15, 0.2) is 6.10 Å². The summed E-state index contributed by atoms with van der Waals surface area (Å²) < 4.78 is 18.0. The van der Waals surface area contributed by atoms with E-state index in [0.29, 0.717) is 5.75 Å². The third-order valence-corrected chi connectivity index (χ3v) is 2.42. The number of hydrogen-bond donors (Lipinski definition) is 3. The monoisotopic (exact) mass is 285 g/mol. The Morgan fingerprint density at radius 1 is 1.40 bits per heavy atom. The van der Waals surface area contributed by atoms with Crippen LogP contribution < -0.4 is 10.1 Å². The summed E-state index contributed by atoms with van der Waals surface area (Å²) in [4.78, 5) is 21.7. The molecule has 3 N–H and O–H groups in total. The molecule has 0 radical (unpaired) electrons. The molecule has 0 aromatic heterocycles. The van der Waals surface area contributed by atoms with E-state index < -0.39 is 17.9 Å². The van der Waals surface area contributed by atoms with Gasteiger partial charge in [-0.15, -0.1) is 0 Å². The van der Waals surface area contributed by atoms with E-state index in [1.54, 1.807) is 6.07 Å². The first-order valence-electron chi connectivity index (χ1n) is 6.05. The van der Waals surface area contributed by atoms with Crippen LogP contribution in [0.2, 0.25) is 0 Å². The minimum absolute atomic E-state index is 0.0552. The Bertz CT molecular complexity index is 466. The van der Waals surface area contributed by atoms with Crippen LogP contribution in [0.15, 0.2) is 24.3 Å². The molecule has 0 fully saturated rings. The summed E-state index contributed by atoms with van der Waals surface area (Å²) in [6.07, 6.45) is -1.50. The summed E-state index contributed by atoms with van der Waals surface area (Å²) in [5, 5.41) is 19.9. The maximum atomic E-state index is 12.8. The number of carbonyl (C=O) groups excluding carboxylic acids is 1. The zero-order chi connectivity index (χ0) is 15.0. The van der Waals surface area contributed by atoms with Crippen molar-refractivity contribution in [1.29, 1.82) is 0 Å². The number of aliphatic hydroxyl groups excluding tert-OH is 1. The summed E-state index contributed by atoms with van der Waals surface area (Å²) in [6, 6.07) is 5.57. The second kappa shape index (κ2) is 8.11. The Morgan fingerprint density at radius 3 is 2.80 bits per heavy atom. The maximum Gasteiger partial charge on any atom is 0.332 e. The van der Waals surface area contributed by atoms with Crippen LogP contribution in [0.25, 0.3) is 0 Å². The molecule has 1 atom stereocenters. The van der Waals surface area contributed by atoms with Crippen LogP contribution in [0.1, 0.15) is 12.8 Å². The Morgan fingerprint density at radius 2 is 2.15 bits per heavy atom. The number of aliphatic hydroxyl groups is 1. The van der Waals surface area contributed by atoms with Crippen molar-refractivity contribution in [2.75, 3.05) is 13.2 Å². The van der Waals surface area contributed by atoms with Crippen LogP contribution in [0, 0.1) is 5.82 Å². The van der Waals surface area contributed by atoms with Gasteiger partial charge in [0, 0.05) is 19.0 Å². The van der Waals surface area contributed by atoms with Gasteiger partial charge in [0.2, 0.25) is 5.91 Å². The number of halogens is 1. The Kier molecular flexibility index (Phi) is 6.45. The topological polar surface area (TPSA) is 95.9 Å². The lowest BCUT2D eigenvalue weighted by molar-refractivity contribution is -0.147. The van der Waals surface area contributed by atoms with Gasteiger partial charge in [0.25, 0.3) is 0 Å². The quantitative estimate of drug-likeness (QED) is 0.648. The minimum atomic E-state index is -1.49. The van der Waals surface area contributed by atoms with Crippen molar-refractivity contribution in [3.8, 4) is 5.75 Å². The molecule has 0 aliphatic rings. The van der Waals surface area contributed by atoms with Crippen molar-refractivity contribution < 1.29 is 28.9 Å². The zero-order valence-electron chi connectivity index (χ0n) is 10.7. The molecule has 1 aromatic carbocycles. The predicted octanol–water partition coefficient (Wildman–Crippen LogP) is 0.546. The number of carboxylic acid groups (broad SMARTS) is 1. The molecule has 0 bridgehead atoms. The number of amides is 1. The molecule has 6 nitrogen and oxygen atoms in total. The fraction of sp³-hybridized carbons (Fsp3) is 0.385. The van der Waals surface area contributed by atoms with Crippen LogP contribution in [-0.4, -0.2) is 41.3 Å². The molecule has 0 saturated heterocycles. The van der Waals surface area contributed by atoms with Crippen LogP contribution in [-0.2, 0) is 9.59 Å². The molecule has 110 valence electrons. The number of aliphatic carboxylic acids is 1. The molecular weight excluding hydrogens is 269 g/mol. The third kappa shape index (κ3) is 6.14. The molecule has 7 heteroatoms. The Labute approximate surface area is 115 Å². The number of ether oxygens (including phenoxy) is 1. The van der Waals surface area contributed by atoms with Crippen LogP contribution in [0.3, 0.4) is 0 Å². The van der Waals surface area contributed by atoms with Gasteiger partial charge in [-0.3, -0.25) is 4.79 Å². The number of nitrogens with one attached hydrogen (secondary N) is 1. The molecule has 1 aromatic rings. The smallest absolute Gasteiger partial charge is 0.332 e. The van der Waals surface area contributed by atoms with Crippen molar-refractivity contribution in [2.24, 2.45) is 0 Å². The highest BCUT2D eigenvalue weighted by Crippen LogP contribution is 2.11. The molecule has 20 heavy (non-hydrogen) atoms. The molecule has 0 saturated carbocycles. The van der Waals surface area contributed by atoms with Crippen molar-refractivity contribution in [1.82, 2.24) is 5.32 Å². The molecular formula is C13H16FNO5. The lowest BCUT2D eigenvalue weighted by atomic mass is 10.2. The minimum Gasteiger partial charge on any atom is -0.493 e. The summed E-state index contributed by atoms with van der Waals surface area (Å²) in [5.74, 6) is -1.75. The van der Waals surface area contributed by atoms with Crippen molar-refractivity contribution in [3.05, 3.63) is 30.1 Å². The molecule has 0 heterocycles. The van der Waals surface area contributed by atoms with Gasteiger partial charge in [-0.2, -0.15) is 0 Å². The largest absolute Gasteiger partial charge is 0.493 e. The van der Waals surface area contributed by atoms with Crippen molar-refractivity contribution in [3.63, 3.8) is 0 Å². The number of carbonyl (C=O) groups is 2. The average molecular weight is 285 g/mol. The molecule has 1 rings (SSSR count). The van der Waals surface area contributed by atoms with E-state index in [4.69, 9.17) is 14.9 Å². The fourth-order valence-corrected chi connectivity index (χ4v) is 1.38. The molecule has 0 spiro atoms. The van der Waals surface area contributed by atoms with Crippen LogP contribution in [0.5, 0.6) is 5.75 Å². The van der Waals surface area contributed by atoms with E-state index in [1.165, 1.54) is 18.2 Å². The highest BCUT2D eigenvalue weighted by molar-refractivity contribution is 5.76. The standard InChI is InChI=1S/C13H16FNO5/c14-9-2-1-3-10(8-9)20-7-5-12(17)15-6-4-11(16)13(18)19/h1-3,8,11,16H,4-7H2,(H,15,17)(H,18,19). The lowest BCUT2D eigenvalue weighted by Crippen LogP contribution is -2.30. The molecule has 0 aliphatic heterocycles. The maximum absolute atomic E-state index is 12.8. The summed E-state index contributed by atoms with van der Waals surface area (Å²) >= 11 is 0. The van der Waals surface area contributed by atoms with E-state index in [9.17, 15) is 14.0 Å². The number of hydrogen-bond acceptors (Lipinski definition) is 4. The highest BCUT2D eigenvalue weighted by atomic mass is 19.1. The van der Waals surface area contributed by atoms with Gasteiger partial charge in [-0.25, -0.2) is 9.18 Å². The van der Waals surface area contributed by atoms with Gasteiger partial charge >= 0.3 is 5.97 Å². The van der Waals surface area contributed by atoms with Crippen LogP contribution in [0.4, 0.5) is 4.39 Å². The summed E-state index contributed by atoms with van der Waals surface area (Å²) in [5.41, 5.74) is 0. The van der Waals surface area contributed by atoms with E-state index in [1.807, 2.05) is 0 Å². The Balaban J connectivity index is 2.16. The summed E-state index contributed by atoms with van der Waals surface area (Å²) in [6.45, 7) is 0.142. The van der Waals surface area contributed by atoms with Crippen molar-refractivity contribution >= 4 is 11.9 Å². The van der Waals surface area contributed by atoms with Gasteiger partial charge in [0.1, 0.15) is 11.6 Å². The Hall–Kier alpha value is -2.15. The van der Waals surface area contributed by atoms with Crippen LogP contribution >= 0.6 is 0 Å². The van der Waals surface area contributed by atoms with E-state index in [-0.39, 0.29) is 31.9 Å². The molecule has 1 unspecified atom stereocenters. The first-order valence-corrected chi connectivity index (χ1v) is 6.05. The van der Waals surface area contributed by atoms with E-state index in [2.05, 4.69) is 5.32 Å². The average Bonchev–Trinajstić information content (AvgIpc) is 2.38. The van der Waals surface area contributed by atoms with Gasteiger partial charge in [-0.1, -0.05) is 6.07 Å². The fourth-order valence-electron chi connectivity index (χ4n) is 1.38. The van der Waals surface area contributed by atoms with E-state index in [0.717, 1.165) is 0 Å². The first-order chi connectivity index (χ1) is 9.49. The molecule has 0 aliphatic carbocycles. The SMILES string of the molecule is O=C(CCOc1cccc(F)c1)NCCC(O)C(=O)O. The second-order valence-corrected chi connectivity index (χ2v) is 4.05. The molecule has 1 amide bonds. The first kappa shape index (κ1) is 15.9. The lowest BCUT2D eigenvalue weighted by Gasteiger charge is -2.08. The number of carboxylic acids is 1. The third-order valence-electron chi connectivity index (χ3n) is 2.42. The van der Waals surface area contributed by atoms with Gasteiger partial charge in [0.05, 0.1) is 13.0 Å². The number of rotatable bonds is 8. The summed E-state index contributed by atoms with van der Waals surface area (Å²) in [7, 11) is 0. The normalized spacial score (nSPS) is 11.7. The van der Waals surface area contributed by atoms with Crippen molar-refractivity contribution in [2.45, 2.75) is 18.9 Å². The zero-order valence-corrected chi connectivity index (χ0v) is 10.7. The highest BCUT2D eigenvalue weighted by Gasteiger charge is 2.12. The second-order valence-electron chi connectivity index (χ2n) is 4.05. The van der Waals surface area contributed by atoms with Gasteiger partial charge < -0.3 is 20.3 Å². The van der Waals surface area contributed by atoms with Gasteiger partial charge in [-0.05, 0) is 12.1 Å². The van der Waals surface area contributed by atoms with E-state index >= 15 is 0 Å².